The number of hydrogen-bond acceptors (Lipinski definition) is 7. The van der Waals surface area contributed by atoms with Crippen molar-refractivity contribution in [2.24, 2.45) is 0 Å². The first kappa shape index (κ1) is 31.0. The lowest BCUT2D eigenvalue weighted by Gasteiger charge is -2.35. The summed E-state index contributed by atoms with van der Waals surface area (Å²) in [6.45, 7) is 1.39. The van der Waals surface area contributed by atoms with E-state index in [2.05, 4.69) is 20.2 Å². The van der Waals surface area contributed by atoms with Gasteiger partial charge in [0, 0.05) is 23.9 Å². The molecule has 11 heteroatoms. The van der Waals surface area contributed by atoms with Crippen molar-refractivity contribution in [3.63, 3.8) is 0 Å². The summed E-state index contributed by atoms with van der Waals surface area (Å²) in [7, 11) is 5.33. The smallest absolute Gasteiger partial charge is 0.331 e. The van der Waals surface area contributed by atoms with Crippen LogP contribution in [-0.4, -0.2) is 66.6 Å². The minimum Gasteiger partial charge on any atom is -0.492 e. The van der Waals surface area contributed by atoms with E-state index in [1.807, 2.05) is 32.3 Å². The lowest BCUT2D eigenvalue weighted by molar-refractivity contribution is -0.149. The van der Waals surface area contributed by atoms with Crippen LogP contribution in [0, 0.1) is 0 Å². The number of nitrogens with zero attached hydrogens (tertiary/aromatic N) is 3. The monoisotopic (exact) mass is 618 g/mol. The highest BCUT2D eigenvalue weighted by atomic mass is 35.5. The van der Waals surface area contributed by atoms with E-state index in [0.29, 0.717) is 47.2 Å². The van der Waals surface area contributed by atoms with Crippen molar-refractivity contribution in [1.82, 2.24) is 20.2 Å². The van der Waals surface area contributed by atoms with E-state index in [9.17, 15) is 9.59 Å². The van der Waals surface area contributed by atoms with Crippen LogP contribution < -0.4 is 10.1 Å². The summed E-state index contributed by atoms with van der Waals surface area (Å²) in [5.74, 6) is -0.520. The predicted molar refractivity (Wildman–Crippen MR) is 162 cm³/mol. The van der Waals surface area contributed by atoms with Gasteiger partial charge in [-0.2, -0.15) is 0 Å². The molecule has 1 aromatic carbocycles. The number of carbonyl (C=O) groups is 2. The number of halogens is 3. The highest BCUT2D eigenvalue weighted by Gasteiger charge is 2.42. The molecule has 8 nitrogen and oxygen atoms in total. The molecule has 2 aromatic heterocycles. The molecular formula is C30H33Cl3N4O4. The Morgan fingerprint density at radius 3 is 2.46 bits per heavy atom. The Kier molecular flexibility index (Phi) is 10.5. The molecule has 0 radical (unpaired) electrons. The minimum absolute atomic E-state index is 0.0456. The van der Waals surface area contributed by atoms with Gasteiger partial charge in [0.15, 0.2) is 0 Å². The second-order valence-corrected chi connectivity index (χ2v) is 11.5. The molecule has 0 saturated heterocycles. The van der Waals surface area contributed by atoms with E-state index in [1.54, 1.807) is 18.3 Å². The zero-order valence-electron chi connectivity index (χ0n) is 23.3. The van der Waals surface area contributed by atoms with Crippen LogP contribution in [0.5, 0.6) is 5.75 Å². The Balaban J connectivity index is 1.68. The first-order valence-electron chi connectivity index (χ1n) is 13.4. The number of rotatable bonds is 10. The molecule has 4 rings (SSSR count). The Morgan fingerprint density at radius 1 is 1.00 bits per heavy atom. The molecule has 3 aromatic rings. The molecule has 1 saturated carbocycles. The molecule has 1 fully saturated rings. The zero-order valence-corrected chi connectivity index (χ0v) is 25.6. The molecular weight excluding hydrogens is 587 g/mol. The van der Waals surface area contributed by atoms with Gasteiger partial charge in [-0.1, -0.05) is 60.1 Å². The molecule has 0 bridgehead atoms. The highest BCUT2D eigenvalue weighted by molar-refractivity contribution is 6.38. The maximum absolute atomic E-state index is 13.5. The SMILES string of the molecule is COC(=O)C1(NC(=O)c2nc(-c3cccnc3-c3ccc(Cl)c(OCCCN(C)C)c3)c(Cl)cc2Cl)CCCCC1. The summed E-state index contributed by atoms with van der Waals surface area (Å²) in [5, 5.41) is 3.67. The molecule has 1 N–H and O–H groups in total. The summed E-state index contributed by atoms with van der Waals surface area (Å²) in [5.41, 5.74) is 1.05. The van der Waals surface area contributed by atoms with E-state index < -0.39 is 17.4 Å². The Morgan fingerprint density at radius 2 is 1.76 bits per heavy atom. The summed E-state index contributed by atoms with van der Waals surface area (Å²) in [6.07, 6.45) is 6.03. The number of methoxy groups -OCH3 is 1. The van der Waals surface area contributed by atoms with Gasteiger partial charge in [0.05, 0.1) is 40.2 Å². The molecule has 1 amide bonds. The van der Waals surface area contributed by atoms with Crippen LogP contribution in [0.25, 0.3) is 22.5 Å². The van der Waals surface area contributed by atoms with E-state index >= 15 is 0 Å². The Bertz CT molecular complexity index is 1410. The van der Waals surface area contributed by atoms with Gasteiger partial charge in [-0.05, 0) is 63.7 Å². The summed E-state index contributed by atoms with van der Waals surface area (Å²) in [4.78, 5) is 37.5. The van der Waals surface area contributed by atoms with Crippen LogP contribution in [0.3, 0.4) is 0 Å². The number of ether oxygens (including phenoxy) is 2. The van der Waals surface area contributed by atoms with Gasteiger partial charge in [0.2, 0.25) is 0 Å². The Labute approximate surface area is 255 Å². The van der Waals surface area contributed by atoms with Crippen LogP contribution in [0.1, 0.15) is 49.0 Å². The third-order valence-corrected chi connectivity index (χ3v) is 7.94. The fourth-order valence-corrected chi connectivity index (χ4v) is 5.69. The summed E-state index contributed by atoms with van der Waals surface area (Å²) >= 11 is 19.5. The summed E-state index contributed by atoms with van der Waals surface area (Å²) < 4.78 is 11.0. The normalized spacial score (nSPS) is 14.5. The predicted octanol–water partition coefficient (Wildman–Crippen LogP) is 6.71. The van der Waals surface area contributed by atoms with Crippen molar-refractivity contribution in [2.75, 3.05) is 34.4 Å². The third kappa shape index (κ3) is 7.30. The quantitative estimate of drug-likeness (QED) is 0.199. The Hall–Kier alpha value is -2.91. The zero-order chi connectivity index (χ0) is 29.6. The van der Waals surface area contributed by atoms with E-state index in [0.717, 1.165) is 37.8 Å². The number of pyridine rings is 2. The van der Waals surface area contributed by atoms with Crippen molar-refractivity contribution in [2.45, 2.75) is 44.1 Å². The fraction of sp³-hybridized carbons (Fsp3) is 0.400. The van der Waals surface area contributed by atoms with E-state index in [4.69, 9.17) is 44.3 Å². The van der Waals surface area contributed by atoms with Crippen LogP contribution in [0.4, 0.5) is 0 Å². The van der Waals surface area contributed by atoms with Crippen molar-refractivity contribution in [3.05, 3.63) is 63.4 Å². The molecule has 2 heterocycles. The van der Waals surface area contributed by atoms with Gasteiger partial charge in [0.1, 0.15) is 17.0 Å². The molecule has 41 heavy (non-hydrogen) atoms. The molecule has 0 spiro atoms. The fourth-order valence-electron chi connectivity index (χ4n) is 4.97. The number of nitrogens with one attached hydrogen (secondary N) is 1. The lowest BCUT2D eigenvalue weighted by Crippen LogP contribution is -2.56. The maximum Gasteiger partial charge on any atom is 0.331 e. The minimum atomic E-state index is -1.12. The molecule has 0 atom stereocenters. The van der Waals surface area contributed by atoms with Crippen LogP contribution >= 0.6 is 34.8 Å². The topological polar surface area (TPSA) is 93.6 Å². The van der Waals surface area contributed by atoms with Gasteiger partial charge in [0.25, 0.3) is 5.91 Å². The van der Waals surface area contributed by atoms with Gasteiger partial charge < -0.3 is 19.7 Å². The number of benzene rings is 1. The number of hydrogen-bond donors (Lipinski definition) is 1. The second kappa shape index (κ2) is 13.8. The van der Waals surface area contributed by atoms with Gasteiger partial charge in [-0.15, -0.1) is 0 Å². The lowest BCUT2D eigenvalue weighted by atomic mass is 9.81. The molecule has 1 aliphatic carbocycles. The molecule has 0 aliphatic heterocycles. The first-order chi connectivity index (χ1) is 19.6. The first-order valence-corrected chi connectivity index (χ1v) is 14.6. The van der Waals surface area contributed by atoms with Gasteiger partial charge in [-0.3, -0.25) is 9.78 Å². The molecule has 1 aliphatic rings. The maximum atomic E-state index is 13.5. The number of esters is 1. The van der Waals surface area contributed by atoms with Gasteiger partial charge in [-0.25, -0.2) is 9.78 Å². The van der Waals surface area contributed by atoms with E-state index in [-0.39, 0.29) is 15.7 Å². The molecule has 0 unspecified atom stereocenters. The number of amides is 1. The summed E-state index contributed by atoms with van der Waals surface area (Å²) in [6, 6.07) is 10.5. The van der Waals surface area contributed by atoms with Crippen molar-refractivity contribution >= 4 is 46.7 Å². The average molecular weight is 620 g/mol. The van der Waals surface area contributed by atoms with Crippen LogP contribution in [-0.2, 0) is 9.53 Å². The van der Waals surface area contributed by atoms with Crippen LogP contribution in [0.15, 0.2) is 42.6 Å². The standard InChI is InChI=1S/C30H33Cl3N4O4/c1-37(2)15-8-16-41-24-17-19(10-11-21(24)31)25-20(9-7-14-34-25)26-22(32)18-23(33)27(35-26)28(38)36-30(29(39)40-3)12-5-4-6-13-30/h7,9-11,14,17-18H,4-6,8,12-13,15-16H2,1-3H3,(H,36,38). The van der Waals surface area contributed by atoms with Crippen molar-refractivity contribution < 1.29 is 19.1 Å². The second-order valence-electron chi connectivity index (χ2n) is 10.3. The largest absolute Gasteiger partial charge is 0.492 e. The van der Waals surface area contributed by atoms with Gasteiger partial charge >= 0.3 is 5.97 Å². The number of carbonyl (C=O) groups excluding carboxylic acids is 2. The van der Waals surface area contributed by atoms with E-state index in [1.165, 1.54) is 13.2 Å². The number of aromatic nitrogens is 2. The van der Waals surface area contributed by atoms with Crippen molar-refractivity contribution in [1.29, 1.82) is 0 Å². The van der Waals surface area contributed by atoms with Crippen molar-refractivity contribution in [3.8, 4) is 28.3 Å². The highest BCUT2D eigenvalue weighted by Crippen LogP contribution is 2.38. The van der Waals surface area contributed by atoms with Crippen LogP contribution in [0.2, 0.25) is 15.1 Å². The average Bonchev–Trinajstić information content (AvgIpc) is 2.96. The molecule has 218 valence electrons. The third-order valence-electron chi connectivity index (χ3n) is 7.06.